The first-order valence-electron chi connectivity index (χ1n) is 6.93. The van der Waals surface area contributed by atoms with Gasteiger partial charge in [0.1, 0.15) is 11.4 Å². The summed E-state index contributed by atoms with van der Waals surface area (Å²) < 4.78 is 5.82. The topological polar surface area (TPSA) is 80.3 Å². The molecule has 0 spiro atoms. The van der Waals surface area contributed by atoms with Crippen molar-refractivity contribution in [3.8, 4) is 5.75 Å². The maximum Gasteiger partial charge on any atom is 0.269 e. The lowest BCUT2D eigenvalue weighted by Crippen LogP contribution is -2.35. The lowest BCUT2D eigenvalue weighted by molar-refractivity contribution is 0.0925. The first-order valence-corrected chi connectivity index (χ1v) is 7.72. The van der Waals surface area contributed by atoms with Gasteiger partial charge in [-0.15, -0.1) is 0 Å². The maximum absolute atomic E-state index is 12.0. The molecule has 23 heavy (non-hydrogen) atoms. The van der Waals surface area contributed by atoms with Crippen molar-refractivity contribution < 1.29 is 14.3 Å². The number of aromatic nitrogens is 1. The molecule has 2 N–H and O–H groups in total. The van der Waals surface area contributed by atoms with Gasteiger partial charge in [-0.25, -0.2) is 0 Å². The number of rotatable bonds is 6. The number of hydrogen-bond donors (Lipinski definition) is 2. The lowest BCUT2D eigenvalue weighted by Gasteiger charge is -2.08. The Morgan fingerprint density at radius 1 is 1.13 bits per heavy atom. The van der Waals surface area contributed by atoms with Gasteiger partial charge in [0.05, 0.1) is 11.6 Å². The van der Waals surface area contributed by atoms with Gasteiger partial charge in [-0.3, -0.25) is 14.6 Å². The molecule has 120 valence electrons. The van der Waals surface area contributed by atoms with E-state index >= 15 is 0 Å². The highest BCUT2D eigenvalue weighted by atomic mass is 79.9. The number of pyridine rings is 1. The van der Waals surface area contributed by atoms with Crippen molar-refractivity contribution in [1.82, 2.24) is 15.6 Å². The van der Waals surface area contributed by atoms with E-state index in [1.165, 1.54) is 0 Å². The first-order chi connectivity index (χ1) is 11.1. The van der Waals surface area contributed by atoms with Gasteiger partial charge in [-0.2, -0.15) is 0 Å². The Balaban J connectivity index is 1.79. The Kier molecular flexibility index (Phi) is 6.10. The quantitative estimate of drug-likeness (QED) is 0.754. The summed E-state index contributed by atoms with van der Waals surface area (Å²) >= 11 is 3.33. The molecule has 0 saturated heterocycles. The molecule has 2 aromatic rings. The largest absolute Gasteiger partial charge is 0.496 e. The van der Waals surface area contributed by atoms with Crippen molar-refractivity contribution in [3.63, 3.8) is 0 Å². The fourth-order valence-electron chi connectivity index (χ4n) is 1.85. The molecule has 2 rings (SSSR count). The predicted octanol–water partition coefficient (Wildman–Crippen LogP) is 2.01. The van der Waals surface area contributed by atoms with Crippen LogP contribution in [0.3, 0.4) is 0 Å². The van der Waals surface area contributed by atoms with Crippen LogP contribution >= 0.6 is 15.9 Å². The van der Waals surface area contributed by atoms with Crippen molar-refractivity contribution in [2.45, 2.75) is 0 Å². The smallest absolute Gasteiger partial charge is 0.269 e. The van der Waals surface area contributed by atoms with Crippen LogP contribution in [-0.2, 0) is 0 Å². The zero-order chi connectivity index (χ0) is 16.7. The average molecular weight is 378 g/mol. The van der Waals surface area contributed by atoms with Crippen molar-refractivity contribution >= 4 is 27.7 Å². The zero-order valence-electron chi connectivity index (χ0n) is 12.5. The third-order valence-electron chi connectivity index (χ3n) is 3.01. The van der Waals surface area contributed by atoms with Crippen LogP contribution in [0.25, 0.3) is 0 Å². The molecule has 0 radical (unpaired) electrons. The summed E-state index contributed by atoms with van der Waals surface area (Å²) in [5, 5.41) is 5.42. The van der Waals surface area contributed by atoms with E-state index in [0.29, 0.717) is 34.6 Å². The second-order valence-corrected chi connectivity index (χ2v) is 5.43. The van der Waals surface area contributed by atoms with E-state index in [0.717, 1.165) is 0 Å². The summed E-state index contributed by atoms with van der Waals surface area (Å²) in [5.74, 6) is 0.164. The third kappa shape index (κ3) is 4.79. The highest BCUT2D eigenvalue weighted by Crippen LogP contribution is 2.25. The SMILES string of the molecule is COc1ccc(C(=O)NCCNC(=O)c2ccccn2)cc1Br. The van der Waals surface area contributed by atoms with Crippen LogP contribution in [0.2, 0.25) is 0 Å². The highest BCUT2D eigenvalue weighted by molar-refractivity contribution is 9.10. The van der Waals surface area contributed by atoms with Gasteiger partial charge in [0.15, 0.2) is 0 Å². The second kappa shape index (κ2) is 8.28. The maximum atomic E-state index is 12.0. The molecular formula is C16H16BrN3O3. The van der Waals surface area contributed by atoms with Crippen LogP contribution in [0, 0.1) is 0 Å². The van der Waals surface area contributed by atoms with E-state index in [4.69, 9.17) is 4.74 Å². The Morgan fingerprint density at radius 3 is 2.48 bits per heavy atom. The minimum atomic E-state index is -0.271. The molecule has 1 aromatic heterocycles. The standard InChI is InChI=1S/C16H16BrN3O3/c1-23-14-6-5-11(10-12(14)17)15(21)19-8-9-20-16(22)13-4-2-3-7-18-13/h2-7,10H,8-9H2,1H3,(H,19,21)(H,20,22). The molecule has 0 aliphatic rings. The van der Waals surface area contributed by atoms with Gasteiger partial charge < -0.3 is 15.4 Å². The van der Waals surface area contributed by atoms with E-state index in [2.05, 4.69) is 31.5 Å². The molecular weight excluding hydrogens is 362 g/mol. The van der Waals surface area contributed by atoms with E-state index < -0.39 is 0 Å². The van der Waals surface area contributed by atoms with Gasteiger partial charge >= 0.3 is 0 Å². The van der Waals surface area contributed by atoms with E-state index in [1.54, 1.807) is 49.7 Å². The molecule has 6 nitrogen and oxygen atoms in total. The van der Waals surface area contributed by atoms with Crippen LogP contribution in [0.4, 0.5) is 0 Å². The number of benzene rings is 1. The van der Waals surface area contributed by atoms with Gasteiger partial charge in [-0.05, 0) is 46.3 Å². The summed E-state index contributed by atoms with van der Waals surface area (Å²) in [7, 11) is 1.56. The number of methoxy groups -OCH3 is 1. The molecule has 1 aromatic carbocycles. The molecule has 2 amide bonds. The molecule has 0 saturated carbocycles. The monoisotopic (exact) mass is 377 g/mol. The first kappa shape index (κ1) is 17.0. The normalized spacial score (nSPS) is 10.0. The number of nitrogens with zero attached hydrogens (tertiary/aromatic N) is 1. The van der Waals surface area contributed by atoms with E-state index in [-0.39, 0.29) is 11.8 Å². The number of halogens is 1. The zero-order valence-corrected chi connectivity index (χ0v) is 14.1. The van der Waals surface area contributed by atoms with Crippen molar-refractivity contribution in [3.05, 3.63) is 58.3 Å². The van der Waals surface area contributed by atoms with Crippen LogP contribution in [0.15, 0.2) is 47.1 Å². The minimum Gasteiger partial charge on any atom is -0.496 e. The molecule has 0 bridgehead atoms. The Morgan fingerprint density at radius 2 is 1.87 bits per heavy atom. The van der Waals surface area contributed by atoms with Crippen LogP contribution in [0.5, 0.6) is 5.75 Å². The number of carbonyl (C=O) groups is 2. The molecule has 0 fully saturated rings. The van der Waals surface area contributed by atoms with E-state index in [1.807, 2.05) is 0 Å². The number of nitrogens with one attached hydrogen (secondary N) is 2. The van der Waals surface area contributed by atoms with Crippen LogP contribution < -0.4 is 15.4 Å². The molecule has 0 aliphatic heterocycles. The average Bonchev–Trinajstić information content (AvgIpc) is 2.59. The minimum absolute atomic E-state index is 0.222. The fourth-order valence-corrected chi connectivity index (χ4v) is 2.39. The number of carbonyl (C=O) groups excluding carboxylic acids is 2. The molecule has 0 atom stereocenters. The van der Waals surface area contributed by atoms with Gasteiger partial charge in [0.25, 0.3) is 11.8 Å². The fraction of sp³-hybridized carbons (Fsp3) is 0.188. The number of ether oxygens (including phenoxy) is 1. The Hall–Kier alpha value is -2.41. The molecule has 0 aliphatic carbocycles. The summed E-state index contributed by atoms with van der Waals surface area (Å²) in [6.07, 6.45) is 1.55. The number of amides is 2. The van der Waals surface area contributed by atoms with Crippen molar-refractivity contribution in [2.24, 2.45) is 0 Å². The van der Waals surface area contributed by atoms with Gasteiger partial charge in [0.2, 0.25) is 0 Å². The van der Waals surface area contributed by atoms with Crippen LogP contribution in [0.1, 0.15) is 20.8 Å². The molecule has 0 unspecified atom stereocenters. The van der Waals surface area contributed by atoms with Crippen molar-refractivity contribution in [2.75, 3.05) is 20.2 Å². The molecule has 7 heteroatoms. The second-order valence-electron chi connectivity index (χ2n) is 4.58. The Bertz CT molecular complexity index is 692. The Labute approximate surface area is 142 Å². The van der Waals surface area contributed by atoms with Crippen molar-refractivity contribution in [1.29, 1.82) is 0 Å². The lowest BCUT2D eigenvalue weighted by atomic mass is 10.2. The molecule has 1 heterocycles. The highest BCUT2D eigenvalue weighted by Gasteiger charge is 2.09. The summed E-state index contributed by atoms with van der Waals surface area (Å²) in [6, 6.07) is 10.2. The third-order valence-corrected chi connectivity index (χ3v) is 3.63. The summed E-state index contributed by atoms with van der Waals surface area (Å²) in [4.78, 5) is 27.7. The van der Waals surface area contributed by atoms with Gasteiger partial charge in [0, 0.05) is 24.8 Å². The summed E-state index contributed by atoms with van der Waals surface area (Å²) in [6.45, 7) is 0.638. The predicted molar refractivity (Wildman–Crippen MR) is 89.6 cm³/mol. The van der Waals surface area contributed by atoms with Gasteiger partial charge in [-0.1, -0.05) is 6.07 Å². The summed E-state index contributed by atoms with van der Waals surface area (Å²) in [5.41, 5.74) is 0.853. The number of hydrogen-bond acceptors (Lipinski definition) is 4. The van der Waals surface area contributed by atoms with Crippen LogP contribution in [-0.4, -0.2) is 37.0 Å². The van der Waals surface area contributed by atoms with E-state index in [9.17, 15) is 9.59 Å².